The van der Waals surface area contributed by atoms with Crippen LogP contribution in [0.15, 0.2) is 11.6 Å². The van der Waals surface area contributed by atoms with Gasteiger partial charge in [-0.15, -0.1) is 0 Å². The molecule has 1 heterocycles. The van der Waals surface area contributed by atoms with Crippen LogP contribution in [0.5, 0.6) is 0 Å². The number of amides is 1. The first-order valence-corrected chi connectivity index (χ1v) is 8.59. The van der Waals surface area contributed by atoms with Crippen molar-refractivity contribution in [1.82, 2.24) is 4.90 Å². The van der Waals surface area contributed by atoms with Gasteiger partial charge in [-0.05, 0) is 57.3 Å². The van der Waals surface area contributed by atoms with Gasteiger partial charge in [-0.25, -0.2) is 9.59 Å². The summed E-state index contributed by atoms with van der Waals surface area (Å²) in [5.41, 5.74) is 1.11. The summed E-state index contributed by atoms with van der Waals surface area (Å²) in [4.78, 5) is 25.9. The van der Waals surface area contributed by atoms with E-state index in [1.165, 1.54) is 12.0 Å². The summed E-state index contributed by atoms with van der Waals surface area (Å²) in [5.74, 6) is 0.771. The highest BCUT2D eigenvalue weighted by Crippen LogP contribution is 2.43. The Bertz CT molecular complexity index is 552. The monoisotopic (exact) mass is 334 g/mol. The van der Waals surface area contributed by atoms with Crippen LogP contribution in [0.2, 0.25) is 0 Å². The lowest BCUT2D eigenvalue weighted by molar-refractivity contribution is -0.152. The zero-order valence-corrected chi connectivity index (χ0v) is 14.7. The van der Waals surface area contributed by atoms with Crippen molar-refractivity contribution in [2.24, 2.45) is 17.8 Å². The van der Waals surface area contributed by atoms with E-state index in [-0.39, 0.29) is 5.97 Å². The smallest absolute Gasteiger partial charge is 0.410 e. The number of carbonyl (C=O) groups is 2. The Kier molecular flexibility index (Phi) is 6.24. The van der Waals surface area contributed by atoms with Crippen molar-refractivity contribution >= 4 is 12.1 Å². The van der Waals surface area contributed by atoms with Crippen LogP contribution in [0.3, 0.4) is 0 Å². The van der Waals surface area contributed by atoms with E-state index in [2.05, 4.69) is 6.07 Å². The topological polar surface area (TPSA) is 79.6 Å². The van der Waals surface area contributed by atoms with Crippen LogP contribution < -0.4 is 0 Å². The van der Waals surface area contributed by atoms with Gasteiger partial charge in [-0.3, -0.25) is 4.90 Å². The number of carbonyl (C=O) groups excluding carboxylic acids is 2. The van der Waals surface area contributed by atoms with Crippen molar-refractivity contribution < 1.29 is 19.1 Å². The van der Waals surface area contributed by atoms with Gasteiger partial charge in [0.05, 0.1) is 19.8 Å². The first-order valence-electron chi connectivity index (χ1n) is 8.59. The molecule has 0 spiro atoms. The van der Waals surface area contributed by atoms with Crippen molar-refractivity contribution in [3.8, 4) is 6.07 Å². The summed E-state index contributed by atoms with van der Waals surface area (Å²) in [5, 5.41) is 8.85. The highest BCUT2D eigenvalue weighted by molar-refractivity contribution is 5.81. The number of allylic oxidation sites excluding steroid dienone is 2. The molecule has 132 valence electrons. The van der Waals surface area contributed by atoms with Crippen LogP contribution in [0.1, 0.15) is 39.5 Å². The van der Waals surface area contributed by atoms with Crippen molar-refractivity contribution in [1.29, 1.82) is 5.26 Å². The molecule has 0 radical (unpaired) electrons. The maximum absolute atomic E-state index is 12.3. The molecule has 6 heteroatoms. The third-order valence-electron chi connectivity index (χ3n) is 5.38. The summed E-state index contributed by atoms with van der Waals surface area (Å²) in [6.45, 7) is 4.60. The van der Waals surface area contributed by atoms with Gasteiger partial charge in [-0.1, -0.05) is 5.57 Å². The van der Waals surface area contributed by atoms with Crippen LogP contribution in [0.4, 0.5) is 4.79 Å². The van der Waals surface area contributed by atoms with E-state index >= 15 is 0 Å². The number of ether oxygens (including phenoxy) is 2. The number of piperidine rings is 1. The highest BCUT2D eigenvalue weighted by atomic mass is 16.6. The molecule has 1 saturated heterocycles. The van der Waals surface area contributed by atoms with Crippen LogP contribution >= 0.6 is 0 Å². The lowest BCUT2D eigenvalue weighted by atomic mass is 9.67. The van der Waals surface area contributed by atoms with Crippen molar-refractivity contribution in [3.05, 3.63) is 11.6 Å². The Hall–Kier alpha value is -2.03. The van der Waals surface area contributed by atoms with Gasteiger partial charge >= 0.3 is 12.1 Å². The average Bonchev–Trinajstić information content (AvgIpc) is 2.59. The zero-order valence-electron chi connectivity index (χ0n) is 14.7. The molecule has 4 unspecified atom stereocenters. The molecule has 0 aromatic heterocycles. The third-order valence-corrected chi connectivity index (χ3v) is 5.38. The second-order valence-electron chi connectivity index (χ2n) is 6.67. The van der Waals surface area contributed by atoms with E-state index in [0.717, 1.165) is 24.8 Å². The molecule has 2 aliphatic rings. The molecule has 0 N–H and O–H groups in total. The second-order valence-corrected chi connectivity index (χ2v) is 6.67. The minimum atomic E-state index is -0.572. The Morgan fingerprint density at radius 2 is 2.04 bits per heavy atom. The fraction of sp³-hybridized carbons (Fsp3) is 0.722. The zero-order chi connectivity index (χ0) is 17.7. The Labute approximate surface area is 143 Å². The molecule has 1 saturated carbocycles. The lowest BCUT2D eigenvalue weighted by Crippen LogP contribution is -2.55. The molecule has 0 aromatic rings. The quantitative estimate of drug-likeness (QED) is 0.585. The summed E-state index contributed by atoms with van der Waals surface area (Å²) < 4.78 is 10.0. The molecule has 24 heavy (non-hydrogen) atoms. The minimum Gasteiger partial charge on any atom is -0.464 e. The fourth-order valence-electron chi connectivity index (χ4n) is 4.06. The van der Waals surface area contributed by atoms with E-state index in [4.69, 9.17) is 14.7 Å². The highest BCUT2D eigenvalue weighted by Gasteiger charge is 2.44. The number of fused-ring (bicyclic) bond motifs is 1. The number of rotatable bonds is 3. The van der Waals surface area contributed by atoms with Crippen LogP contribution in [0, 0.1) is 29.1 Å². The van der Waals surface area contributed by atoms with Gasteiger partial charge in [0, 0.05) is 12.6 Å². The van der Waals surface area contributed by atoms with Gasteiger partial charge < -0.3 is 9.47 Å². The van der Waals surface area contributed by atoms with E-state index in [1.54, 1.807) is 13.0 Å². The second kappa shape index (κ2) is 8.18. The van der Waals surface area contributed by atoms with E-state index < -0.39 is 12.1 Å². The average molecular weight is 334 g/mol. The summed E-state index contributed by atoms with van der Waals surface area (Å²) in [6.07, 6.45) is 4.74. The number of likely N-dealkylation sites (tertiary alicyclic amines) is 1. The number of nitriles is 1. The number of esters is 1. The molecule has 1 aliphatic heterocycles. The standard InChI is InChI=1S/C18H26N2O4/c1-4-24-17(21)16-10-15-9-13(12(2)7-8-19)5-6-14(15)11-20(16)18(22)23-3/h7,13-16H,4-6,9-11H2,1-3H3. The number of methoxy groups -OCH3 is 1. The normalized spacial score (nSPS) is 30.1. The van der Waals surface area contributed by atoms with Crippen LogP contribution in [-0.2, 0) is 14.3 Å². The molecule has 0 aromatic carbocycles. The Balaban J connectivity index is 2.14. The lowest BCUT2D eigenvalue weighted by Gasteiger charge is -2.46. The molecular weight excluding hydrogens is 308 g/mol. The van der Waals surface area contributed by atoms with Crippen LogP contribution in [0.25, 0.3) is 0 Å². The molecular formula is C18H26N2O4. The summed E-state index contributed by atoms with van der Waals surface area (Å²) in [6, 6.07) is 1.53. The molecule has 0 bridgehead atoms. The minimum absolute atomic E-state index is 0.297. The van der Waals surface area contributed by atoms with Crippen molar-refractivity contribution in [3.63, 3.8) is 0 Å². The predicted molar refractivity (Wildman–Crippen MR) is 87.8 cm³/mol. The molecule has 6 nitrogen and oxygen atoms in total. The predicted octanol–water partition coefficient (Wildman–Crippen LogP) is 2.89. The van der Waals surface area contributed by atoms with Crippen molar-refractivity contribution in [2.45, 2.75) is 45.6 Å². The number of hydrogen-bond acceptors (Lipinski definition) is 5. The third kappa shape index (κ3) is 3.89. The van der Waals surface area contributed by atoms with Gasteiger partial charge in [0.15, 0.2) is 0 Å². The molecule has 2 rings (SSSR count). The SMILES string of the molecule is CCOC(=O)C1CC2CC(C(C)=CC#N)CCC2CN1C(=O)OC. The fourth-order valence-corrected chi connectivity index (χ4v) is 4.06. The Morgan fingerprint density at radius 1 is 1.29 bits per heavy atom. The van der Waals surface area contributed by atoms with Gasteiger partial charge in [0.2, 0.25) is 0 Å². The van der Waals surface area contributed by atoms with Gasteiger partial charge in [-0.2, -0.15) is 5.26 Å². The largest absolute Gasteiger partial charge is 0.464 e. The van der Waals surface area contributed by atoms with Crippen LogP contribution in [-0.4, -0.2) is 43.3 Å². The summed E-state index contributed by atoms with van der Waals surface area (Å²) >= 11 is 0. The first-order chi connectivity index (χ1) is 11.5. The first kappa shape index (κ1) is 18.3. The van der Waals surface area contributed by atoms with Crippen molar-refractivity contribution in [2.75, 3.05) is 20.3 Å². The number of nitrogens with zero attached hydrogens (tertiary/aromatic N) is 2. The summed E-state index contributed by atoms with van der Waals surface area (Å²) in [7, 11) is 1.34. The van der Waals surface area contributed by atoms with E-state index in [9.17, 15) is 9.59 Å². The molecule has 4 atom stereocenters. The maximum Gasteiger partial charge on any atom is 0.410 e. The van der Waals surface area contributed by atoms with E-state index in [0.29, 0.717) is 37.3 Å². The Morgan fingerprint density at radius 3 is 2.67 bits per heavy atom. The van der Waals surface area contributed by atoms with Gasteiger partial charge in [0.25, 0.3) is 0 Å². The van der Waals surface area contributed by atoms with Gasteiger partial charge in [0.1, 0.15) is 6.04 Å². The molecule has 1 amide bonds. The van der Waals surface area contributed by atoms with E-state index in [1.807, 2.05) is 6.92 Å². The molecule has 1 aliphatic carbocycles. The number of hydrogen-bond donors (Lipinski definition) is 0. The molecule has 2 fully saturated rings. The maximum atomic E-state index is 12.3.